The van der Waals surface area contributed by atoms with Gasteiger partial charge in [-0.2, -0.15) is 5.26 Å². The molecular formula is C17H17N3. The number of hydrogen-bond donors (Lipinski definition) is 0. The largest absolute Gasteiger partial charge is 0.355 e. The summed E-state index contributed by atoms with van der Waals surface area (Å²) in [6.07, 6.45) is 2.36. The summed E-state index contributed by atoms with van der Waals surface area (Å²) >= 11 is 0. The van der Waals surface area contributed by atoms with E-state index in [0.717, 1.165) is 35.7 Å². The fourth-order valence-electron chi connectivity index (χ4n) is 2.77. The number of pyridine rings is 1. The van der Waals surface area contributed by atoms with Crippen LogP contribution in [0.2, 0.25) is 0 Å². The summed E-state index contributed by atoms with van der Waals surface area (Å²) in [5.41, 5.74) is 3.73. The molecule has 20 heavy (non-hydrogen) atoms. The van der Waals surface area contributed by atoms with Crippen molar-refractivity contribution in [3.63, 3.8) is 0 Å². The number of nitrogens with zero attached hydrogens (tertiary/aromatic N) is 3. The number of benzene rings is 1. The minimum atomic E-state index is 0.698. The standard InChI is InChI=1S/C17H17N3/c1-13-11-15(14-7-3-2-4-8-14)16(12-18)17(19-13)20-9-5-6-10-20/h2-4,7-8,11H,5-6,9-10H2,1H3. The normalized spacial score (nSPS) is 14.3. The summed E-state index contributed by atoms with van der Waals surface area (Å²) in [5, 5.41) is 9.60. The van der Waals surface area contributed by atoms with Gasteiger partial charge in [-0.05, 0) is 31.4 Å². The number of hydrogen-bond acceptors (Lipinski definition) is 3. The van der Waals surface area contributed by atoms with Gasteiger partial charge in [-0.3, -0.25) is 0 Å². The van der Waals surface area contributed by atoms with Crippen molar-refractivity contribution in [3.05, 3.63) is 47.7 Å². The van der Waals surface area contributed by atoms with E-state index in [1.807, 2.05) is 43.3 Å². The number of rotatable bonds is 2. The molecule has 1 saturated heterocycles. The number of aromatic nitrogens is 1. The summed E-state index contributed by atoms with van der Waals surface area (Å²) in [4.78, 5) is 6.85. The van der Waals surface area contributed by atoms with Gasteiger partial charge in [-0.25, -0.2) is 4.98 Å². The second-order valence-corrected chi connectivity index (χ2v) is 5.18. The Morgan fingerprint density at radius 3 is 2.50 bits per heavy atom. The molecule has 3 heteroatoms. The quantitative estimate of drug-likeness (QED) is 0.832. The Balaban J connectivity index is 2.17. The topological polar surface area (TPSA) is 39.9 Å². The van der Waals surface area contributed by atoms with Crippen LogP contribution in [0.25, 0.3) is 11.1 Å². The van der Waals surface area contributed by atoms with Crippen LogP contribution in [0.5, 0.6) is 0 Å². The zero-order valence-corrected chi connectivity index (χ0v) is 11.6. The van der Waals surface area contributed by atoms with Crippen molar-refractivity contribution < 1.29 is 0 Å². The first-order chi connectivity index (χ1) is 9.79. The van der Waals surface area contributed by atoms with Crippen LogP contribution in [0.4, 0.5) is 5.82 Å². The van der Waals surface area contributed by atoms with Crippen molar-refractivity contribution in [2.24, 2.45) is 0 Å². The monoisotopic (exact) mass is 263 g/mol. The highest BCUT2D eigenvalue weighted by molar-refractivity contribution is 5.77. The van der Waals surface area contributed by atoms with E-state index < -0.39 is 0 Å². The predicted molar refractivity (Wildman–Crippen MR) is 80.6 cm³/mol. The lowest BCUT2D eigenvalue weighted by molar-refractivity contribution is 0.926. The van der Waals surface area contributed by atoms with Crippen LogP contribution in [0.15, 0.2) is 36.4 Å². The molecule has 1 aliphatic heterocycles. The van der Waals surface area contributed by atoms with Crippen molar-refractivity contribution in [2.75, 3.05) is 18.0 Å². The van der Waals surface area contributed by atoms with Crippen LogP contribution in [0, 0.1) is 18.3 Å². The summed E-state index contributed by atoms with van der Waals surface area (Å²) < 4.78 is 0. The Bertz CT molecular complexity index is 650. The zero-order chi connectivity index (χ0) is 13.9. The smallest absolute Gasteiger partial charge is 0.147 e. The fourth-order valence-corrected chi connectivity index (χ4v) is 2.77. The minimum absolute atomic E-state index is 0.698. The third kappa shape index (κ3) is 2.25. The maximum atomic E-state index is 9.60. The van der Waals surface area contributed by atoms with E-state index in [2.05, 4.69) is 16.0 Å². The Kier molecular flexibility index (Phi) is 3.39. The lowest BCUT2D eigenvalue weighted by Gasteiger charge is -2.20. The maximum Gasteiger partial charge on any atom is 0.147 e. The van der Waals surface area contributed by atoms with Crippen molar-refractivity contribution >= 4 is 5.82 Å². The molecule has 2 aromatic rings. The van der Waals surface area contributed by atoms with Gasteiger partial charge in [0.1, 0.15) is 17.5 Å². The lowest BCUT2D eigenvalue weighted by atomic mass is 10.00. The molecule has 1 aromatic heterocycles. The van der Waals surface area contributed by atoms with Crippen molar-refractivity contribution in [3.8, 4) is 17.2 Å². The predicted octanol–water partition coefficient (Wildman–Crippen LogP) is 3.53. The molecule has 0 atom stereocenters. The van der Waals surface area contributed by atoms with Crippen molar-refractivity contribution in [2.45, 2.75) is 19.8 Å². The number of aryl methyl sites for hydroxylation is 1. The van der Waals surface area contributed by atoms with E-state index in [1.54, 1.807) is 0 Å². The molecule has 1 aromatic carbocycles. The molecule has 1 fully saturated rings. The van der Waals surface area contributed by atoms with Gasteiger partial charge in [0.05, 0.1) is 0 Å². The van der Waals surface area contributed by atoms with E-state index in [0.29, 0.717) is 5.56 Å². The highest BCUT2D eigenvalue weighted by Gasteiger charge is 2.20. The summed E-state index contributed by atoms with van der Waals surface area (Å²) in [5.74, 6) is 0.851. The van der Waals surface area contributed by atoms with Crippen molar-refractivity contribution in [1.29, 1.82) is 5.26 Å². The molecule has 0 spiro atoms. The van der Waals surface area contributed by atoms with Gasteiger partial charge in [0, 0.05) is 24.3 Å². The zero-order valence-electron chi connectivity index (χ0n) is 11.6. The maximum absolute atomic E-state index is 9.60. The van der Waals surface area contributed by atoms with Crippen LogP contribution in [-0.4, -0.2) is 18.1 Å². The Morgan fingerprint density at radius 2 is 1.85 bits per heavy atom. The van der Waals surface area contributed by atoms with E-state index >= 15 is 0 Å². The van der Waals surface area contributed by atoms with Gasteiger partial charge in [0.25, 0.3) is 0 Å². The minimum Gasteiger partial charge on any atom is -0.355 e. The van der Waals surface area contributed by atoms with Gasteiger partial charge >= 0.3 is 0 Å². The summed E-state index contributed by atoms with van der Waals surface area (Å²) in [7, 11) is 0. The molecule has 0 unspecified atom stereocenters. The van der Waals surface area contributed by atoms with Gasteiger partial charge in [-0.15, -0.1) is 0 Å². The third-order valence-electron chi connectivity index (χ3n) is 3.73. The van der Waals surface area contributed by atoms with Gasteiger partial charge < -0.3 is 4.90 Å². The number of nitriles is 1. The highest BCUT2D eigenvalue weighted by atomic mass is 15.2. The van der Waals surface area contributed by atoms with E-state index in [-0.39, 0.29) is 0 Å². The van der Waals surface area contributed by atoms with Crippen LogP contribution in [0.1, 0.15) is 24.1 Å². The number of anilines is 1. The molecule has 1 aliphatic rings. The first kappa shape index (κ1) is 12.7. The third-order valence-corrected chi connectivity index (χ3v) is 3.73. The average molecular weight is 263 g/mol. The second-order valence-electron chi connectivity index (χ2n) is 5.18. The van der Waals surface area contributed by atoms with Crippen LogP contribution < -0.4 is 4.90 Å². The van der Waals surface area contributed by atoms with Gasteiger partial charge in [-0.1, -0.05) is 30.3 Å². The van der Waals surface area contributed by atoms with E-state index in [1.165, 1.54) is 12.8 Å². The molecular weight excluding hydrogens is 246 g/mol. The molecule has 3 rings (SSSR count). The van der Waals surface area contributed by atoms with Gasteiger partial charge in [0.2, 0.25) is 0 Å². The summed E-state index contributed by atoms with van der Waals surface area (Å²) in [6.45, 7) is 3.99. The molecule has 0 amide bonds. The van der Waals surface area contributed by atoms with E-state index in [4.69, 9.17) is 0 Å². The molecule has 0 radical (unpaired) electrons. The Morgan fingerprint density at radius 1 is 1.15 bits per heavy atom. The average Bonchev–Trinajstić information content (AvgIpc) is 3.01. The van der Waals surface area contributed by atoms with Crippen LogP contribution in [-0.2, 0) is 0 Å². The molecule has 100 valence electrons. The molecule has 0 bridgehead atoms. The van der Waals surface area contributed by atoms with Crippen molar-refractivity contribution in [1.82, 2.24) is 4.98 Å². The first-order valence-electron chi connectivity index (χ1n) is 7.01. The lowest BCUT2D eigenvalue weighted by Crippen LogP contribution is -2.21. The molecule has 0 N–H and O–H groups in total. The molecule has 0 aliphatic carbocycles. The van der Waals surface area contributed by atoms with Crippen LogP contribution >= 0.6 is 0 Å². The molecule has 0 saturated carbocycles. The molecule has 3 nitrogen and oxygen atoms in total. The second kappa shape index (κ2) is 5.34. The summed E-state index contributed by atoms with van der Waals surface area (Å²) in [6, 6.07) is 14.5. The Hall–Kier alpha value is -2.34. The fraction of sp³-hybridized carbons (Fsp3) is 0.294. The highest BCUT2D eigenvalue weighted by Crippen LogP contribution is 2.31. The SMILES string of the molecule is Cc1cc(-c2ccccc2)c(C#N)c(N2CCCC2)n1. The van der Waals surface area contributed by atoms with Crippen LogP contribution in [0.3, 0.4) is 0 Å². The molecule has 2 heterocycles. The van der Waals surface area contributed by atoms with E-state index in [9.17, 15) is 5.26 Å². The Labute approximate surface area is 119 Å². The first-order valence-corrected chi connectivity index (χ1v) is 7.01. The van der Waals surface area contributed by atoms with Gasteiger partial charge in [0.15, 0.2) is 0 Å².